The van der Waals surface area contributed by atoms with E-state index in [1.807, 2.05) is 0 Å². The molecule has 2 aromatic carbocycles. The van der Waals surface area contributed by atoms with Crippen LogP contribution in [0.2, 0.25) is 0 Å². The van der Waals surface area contributed by atoms with Crippen LogP contribution < -0.4 is 0 Å². The lowest BCUT2D eigenvalue weighted by Crippen LogP contribution is -1.89. The van der Waals surface area contributed by atoms with E-state index < -0.39 is 0 Å². The van der Waals surface area contributed by atoms with Gasteiger partial charge in [-0.3, -0.25) is 0 Å². The number of hydrogen-bond donors (Lipinski definition) is 0. The van der Waals surface area contributed by atoms with Crippen molar-refractivity contribution >= 4 is 0 Å². The van der Waals surface area contributed by atoms with Gasteiger partial charge in [-0.2, -0.15) is 0 Å². The van der Waals surface area contributed by atoms with Crippen LogP contribution in [0.3, 0.4) is 0 Å². The summed E-state index contributed by atoms with van der Waals surface area (Å²) in [4.78, 5) is 0. The van der Waals surface area contributed by atoms with Crippen LogP contribution in [0, 0.1) is 6.58 Å². The summed E-state index contributed by atoms with van der Waals surface area (Å²) in [5.74, 6) is 0. The molecule has 0 fully saturated rings. The lowest BCUT2D eigenvalue weighted by atomic mass is 9.96. The van der Waals surface area contributed by atoms with E-state index in [2.05, 4.69) is 54.6 Å². The minimum atomic E-state index is 0.975. The molecule has 0 heteroatoms. The monoisotopic (exact) mass is 221 g/mol. The molecule has 0 nitrogen and oxygen atoms in total. The Morgan fingerprint density at radius 1 is 0.882 bits per heavy atom. The number of benzene rings is 2. The molecular weight excluding hydrogens is 204 g/mol. The summed E-state index contributed by atoms with van der Waals surface area (Å²) in [6.45, 7) is 5.42. The molecule has 0 aliphatic rings. The summed E-state index contributed by atoms with van der Waals surface area (Å²) in [5.41, 5.74) is 4.03. The fourth-order valence-electron chi connectivity index (χ4n) is 2.05. The Kier molecular flexibility index (Phi) is 4.15. The molecule has 0 amide bonds. The van der Waals surface area contributed by atoms with Crippen LogP contribution in [0.1, 0.15) is 18.4 Å². The quantitative estimate of drug-likeness (QED) is 0.644. The number of unbranched alkanes of at least 4 members (excludes halogenated alkanes) is 1. The second-order valence-corrected chi connectivity index (χ2v) is 4.15. The molecule has 0 heterocycles. The second-order valence-electron chi connectivity index (χ2n) is 4.15. The van der Waals surface area contributed by atoms with Gasteiger partial charge >= 0.3 is 0 Å². The van der Waals surface area contributed by atoms with E-state index in [9.17, 15) is 0 Å². The highest BCUT2D eigenvalue weighted by atomic mass is 14.1. The summed E-state index contributed by atoms with van der Waals surface area (Å²) in [5, 5.41) is 0. The number of allylic oxidation sites excluding steroid dienone is 1. The molecule has 0 aromatic heterocycles. The Balaban J connectivity index is 2.25. The van der Waals surface area contributed by atoms with Gasteiger partial charge in [0.05, 0.1) is 0 Å². The van der Waals surface area contributed by atoms with Crippen molar-refractivity contribution < 1.29 is 0 Å². The summed E-state index contributed by atoms with van der Waals surface area (Å²) in [6, 6.07) is 19.1. The zero-order chi connectivity index (χ0) is 11.9. The van der Waals surface area contributed by atoms with Gasteiger partial charge in [-0.25, -0.2) is 0 Å². The predicted molar refractivity (Wildman–Crippen MR) is 73.7 cm³/mol. The van der Waals surface area contributed by atoms with Crippen molar-refractivity contribution in [2.75, 3.05) is 0 Å². The van der Waals surface area contributed by atoms with Crippen LogP contribution in [0.25, 0.3) is 11.1 Å². The van der Waals surface area contributed by atoms with Crippen LogP contribution in [-0.2, 0) is 6.42 Å². The maximum Gasteiger partial charge on any atom is -0.0152 e. The molecular formula is C17H17. The van der Waals surface area contributed by atoms with Gasteiger partial charge in [-0.15, -0.1) is 0 Å². The molecule has 0 bridgehead atoms. The normalized spacial score (nSPS) is 10.1. The first-order valence-corrected chi connectivity index (χ1v) is 6.08. The lowest BCUT2D eigenvalue weighted by molar-refractivity contribution is 0.845. The van der Waals surface area contributed by atoms with E-state index in [-0.39, 0.29) is 0 Å². The third-order valence-corrected chi connectivity index (χ3v) is 2.92. The maximum atomic E-state index is 5.42. The van der Waals surface area contributed by atoms with Gasteiger partial charge < -0.3 is 0 Å². The average Bonchev–Trinajstić information content (AvgIpc) is 2.41. The fourth-order valence-corrected chi connectivity index (χ4v) is 2.05. The smallest absolute Gasteiger partial charge is 0.0152 e. The fraction of sp³-hybridized carbons (Fsp3) is 0.176. The Morgan fingerprint density at radius 3 is 2.35 bits per heavy atom. The molecule has 2 rings (SSSR count). The first-order valence-electron chi connectivity index (χ1n) is 6.08. The first-order chi connectivity index (χ1) is 8.42. The van der Waals surface area contributed by atoms with Crippen molar-refractivity contribution in [2.45, 2.75) is 19.3 Å². The predicted octanol–water partition coefficient (Wildman–Crippen LogP) is 4.67. The highest BCUT2D eigenvalue weighted by Crippen LogP contribution is 2.24. The van der Waals surface area contributed by atoms with Gasteiger partial charge in [0, 0.05) is 0 Å². The van der Waals surface area contributed by atoms with Gasteiger partial charge in [-0.05, 0) is 36.0 Å². The van der Waals surface area contributed by atoms with Crippen LogP contribution in [-0.4, -0.2) is 0 Å². The molecule has 0 N–H and O–H groups in total. The van der Waals surface area contributed by atoms with Crippen molar-refractivity contribution in [3.05, 3.63) is 72.8 Å². The standard InChI is InChI=1S/C17H17/c1-2-3-5-10-15-13-8-9-14-17(15)16-11-6-4-7-12-16/h1-2,4,6-9,11-14H,3,5,10H2. The molecule has 85 valence electrons. The Bertz CT molecular complexity index is 468. The van der Waals surface area contributed by atoms with Gasteiger partial charge in [0.2, 0.25) is 0 Å². The van der Waals surface area contributed by atoms with Crippen LogP contribution in [0.15, 0.2) is 60.7 Å². The van der Waals surface area contributed by atoms with Crippen LogP contribution >= 0.6 is 0 Å². The van der Waals surface area contributed by atoms with Crippen molar-refractivity contribution in [2.24, 2.45) is 0 Å². The van der Waals surface area contributed by atoms with Crippen molar-refractivity contribution in [3.63, 3.8) is 0 Å². The van der Waals surface area contributed by atoms with Crippen molar-refractivity contribution in [1.82, 2.24) is 0 Å². The van der Waals surface area contributed by atoms with E-state index in [1.165, 1.54) is 16.7 Å². The van der Waals surface area contributed by atoms with Gasteiger partial charge in [0.1, 0.15) is 0 Å². The van der Waals surface area contributed by atoms with E-state index in [0.717, 1.165) is 19.3 Å². The van der Waals surface area contributed by atoms with E-state index >= 15 is 0 Å². The highest BCUT2D eigenvalue weighted by Gasteiger charge is 2.02. The Labute approximate surface area is 104 Å². The molecule has 0 spiro atoms. The minimum Gasteiger partial charge on any atom is -0.0845 e. The molecule has 0 atom stereocenters. The summed E-state index contributed by atoms with van der Waals surface area (Å²) in [7, 11) is 0. The topological polar surface area (TPSA) is 0 Å². The molecule has 0 unspecified atom stereocenters. The molecule has 17 heavy (non-hydrogen) atoms. The molecule has 0 saturated heterocycles. The summed E-state index contributed by atoms with van der Waals surface area (Å²) in [6.07, 6.45) is 4.91. The molecule has 1 radical (unpaired) electrons. The van der Waals surface area contributed by atoms with E-state index in [1.54, 1.807) is 6.08 Å². The SMILES string of the molecule is [CH]=CCCCc1ccccc1-c1ccccc1. The van der Waals surface area contributed by atoms with Gasteiger partial charge in [0.25, 0.3) is 0 Å². The molecule has 0 aliphatic carbocycles. The summed E-state index contributed by atoms with van der Waals surface area (Å²) >= 11 is 0. The Hall–Kier alpha value is -1.82. The number of hydrogen-bond acceptors (Lipinski definition) is 0. The number of rotatable bonds is 5. The Morgan fingerprint density at radius 2 is 1.59 bits per heavy atom. The lowest BCUT2D eigenvalue weighted by Gasteiger charge is -2.09. The van der Waals surface area contributed by atoms with Crippen LogP contribution in [0.4, 0.5) is 0 Å². The molecule has 0 saturated carbocycles. The number of aryl methyl sites for hydroxylation is 1. The largest absolute Gasteiger partial charge is 0.0845 e. The third kappa shape index (κ3) is 3.07. The van der Waals surface area contributed by atoms with Gasteiger partial charge in [0.15, 0.2) is 0 Å². The maximum absolute atomic E-state index is 5.42. The third-order valence-electron chi connectivity index (χ3n) is 2.92. The summed E-state index contributed by atoms with van der Waals surface area (Å²) < 4.78 is 0. The van der Waals surface area contributed by atoms with Crippen molar-refractivity contribution in [1.29, 1.82) is 0 Å². The average molecular weight is 221 g/mol. The highest BCUT2D eigenvalue weighted by molar-refractivity contribution is 5.67. The first kappa shape index (κ1) is 11.7. The van der Waals surface area contributed by atoms with Crippen LogP contribution in [0.5, 0.6) is 0 Å². The minimum absolute atomic E-state index is 0.975. The molecule has 0 aliphatic heterocycles. The zero-order valence-electron chi connectivity index (χ0n) is 9.97. The second kappa shape index (κ2) is 6.05. The van der Waals surface area contributed by atoms with Gasteiger partial charge in [-0.1, -0.05) is 67.3 Å². The van der Waals surface area contributed by atoms with E-state index in [0.29, 0.717) is 0 Å². The molecule has 2 aromatic rings. The van der Waals surface area contributed by atoms with Crippen molar-refractivity contribution in [3.8, 4) is 11.1 Å². The van der Waals surface area contributed by atoms with E-state index in [4.69, 9.17) is 6.58 Å². The zero-order valence-corrected chi connectivity index (χ0v) is 9.97.